The van der Waals surface area contributed by atoms with Crippen LogP contribution in [0.2, 0.25) is 0 Å². The first kappa shape index (κ1) is 21.8. The quantitative estimate of drug-likeness (QED) is 0.265. The number of aryl methyl sites for hydroxylation is 2. The zero-order valence-corrected chi connectivity index (χ0v) is 20.9. The average molecular weight is 432 g/mol. The molecule has 0 saturated carbocycles. The summed E-state index contributed by atoms with van der Waals surface area (Å²) in [6, 6.07) is 29.9. The van der Waals surface area contributed by atoms with Crippen molar-refractivity contribution in [3.63, 3.8) is 0 Å². The summed E-state index contributed by atoms with van der Waals surface area (Å²) in [5, 5.41) is 0. The maximum atomic E-state index is 2.48. The Kier molecular flexibility index (Phi) is 5.16. The van der Waals surface area contributed by atoms with Gasteiger partial charge in [0.05, 0.1) is 22.6 Å². The molecule has 0 radical (unpaired) electrons. The van der Waals surface area contributed by atoms with Gasteiger partial charge in [0.2, 0.25) is 0 Å². The smallest absolute Gasteiger partial charge is 0.0574 e. The summed E-state index contributed by atoms with van der Waals surface area (Å²) in [5.74, 6) is 1.39. The molecule has 3 aliphatic carbocycles. The van der Waals surface area contributed by atoms with E-state index in [9.17, 15) is 0 Å². The zero-order chi connectivity index (χ0) is 23.4. The summed E-state index contributed by atoms with van der Waals surface area (Å²) in [6.07, 6.45) is 2.17. The fourth-order valence-corrected chi connectivity index (χ4v) is 5.35. The molecule has 0 fully saturated rings. The van der Waals surface area contributed by atoms with Crippen molar-refractivity contribution in [2.75, 3.05) is 0 Å². The normalized spacial score (nSPS) is 14.1. The lowest BCUT2D eigenvalue weighted by atomic mass is 9.82. The van der Waals surface area contributed by atoms with Crippen molar-refractivity contribution in [2.45, 2.75) is 65.2 Å². The summed E-state index contributed by atoms with van der Waals surface area (Å²) in [6.45, 7) is 13.9. The molecular weight excluding hydrogens is 396 g/mol. The lowest BCUT2D eigenvalue weighted by Gasteiger charge is -2.18. The van der Waals surface area contributed by atoms with Crippen molar-refractivity contribution in [3.05, 3.63) is 124 Å². The van der Waals surface area contributed by atoms with E-state index in [1.165, 1.54) is 56.0 Å². The SMILES string of the molecule is CC(C)(C)c1ccc2c([C+]3c4ccccc4CCc4ccccc43)cc(C(C)(C)C)c-2cc1. The number of rotatable bonds is 1. The van der Waals surface area contributed by atoms with Crippen LogP contribution in [0.25, 0.3) is 11.1 Å². The molecule has 0 bridgehead atoms. The van der Waals surface area contributed by atoms with Gasteiger partial charge in [-0.3, -0.25) is 0 Å². The van der Waals surface area contributed by atoms with Crippen LogP contribution in [-0.4, -0.2) is 0 Å². The molecule has 3 aliphatic rings. The van der Waals surface area contributed by atoms with E-state index < -0.39 is 0 Å². The molecule has 0 N–H and O–H groups in total. The average Bonchev–Trinajstić information content (AvgIpc) is 2.90. The Labute approximate surface area is 200 Å². The summed E-state index contributed by atoms with van der Waals surface area (Å²) < 4.78 is 0. The highest BCUT2D eigenvalue weighted by Gasteiger charge is 2.36. The fraction of sp³-hybridized carbons (Fsp3) is 0.303. The second kappa shape index (κ2) is 7.80. The molecule has 166 valence electrons. The van der Waals surface area contributed by atoms with Gasteiger partial charge in [0.25, 0.3) is 0 Å². The highest BCUT2D eigenvalue weighted by Crippen LogP contribution is 2.47. The molecule has 0 nitrogen and oxygen atoms in total. The van der Waals surface area contributed by atoms with Gasteiger partial charge in [0.15, 0.2) is 0 Å². The number of hydrogen-bond acceptors (Lipinski definition) is 0. The molecule has 2 aromatic carbocycles. The van der Waals surface area contributed by atoms with Crippen molar-refractivity contribution in [1.82, 2.24) is 0 Å². The Morgan fingerprint density at radius 3 is 1.58 bits per heavy atom. The molecule has 2 aromatic rings. The minimum absolute atomic E-state index is 0.0665. The standard InChI is InChI=1S/C33H35/c1-32(2,3)24-17-19-27-28(20-18-24)30(33(4,5)6)21-29(27)31-25-13-9-7-11-22(25)15-16-23-12-8-10-14-26(23)31/h7-14,17-21H,15-16H2,1-6H3/q+1. The van der Waals surface area contributed by atoms with Gasteiger partial charge in [-0.25, -0.2) is 0 Å². The Morgan fingerprint density at radius 2 is 1.06 bits per heavy atom. The third-order valence-corrected chi connectivity index (χ3v) is 7.20. The largest absolute Gasteiger partial charge is 0.0643 e. The van der Waals surface area contributed by atoms with Crippen LogP contribution in [0.1, 0.15) is 80.5 Å². The first-order valence-corrected chi connectivity index (χ1v) is 12.3. The second-order valence-corrected chi connectivity index (χ2v) is 11.6. The van der Waals surface area contributed by atoms with Gasteiger partial charge < -0.3 is 0 Å². The van der Waals surface area contributed by atoms with Gasteiger partial charge >= 0.3 is 0 Å². The molecule has 0 atom stereocenters. The summed E-state index contributed by atoms with van der Waals surface area (Å²) in [4.78, 5) is 0. The van der Waals surface area contributed by atoms with Crippen LogP contribution in [0.3, 0.4) is 0 Å². The molecule has 0 amide bonds. The maximum absolute atomic E-state index is 2.48. The van der Waals surface area contributed by atoms with E-state index in [2.05, 4.69) is 120 Å². The minimum Gasteiger partial charge on any atom is -0.0574 e. The van der Waals surface area contributed by atoms with E-state index in [0.717, 1.165) is 12.8 Å². The van der Waals surface area contributed by atoms with Gasteiger partial charge in [0, 0.05) is 35.1 Å². The van der Waals surface area contributed by atoms with Crippen LogP contribution < -0.4 is 0 Å². The summed E-state index contributed by atoms with van der Waals surface area (Å²) >= 11 is 0. The Balaban J connectivity index is 1.84. The van der Waals surface area contributed by atoms with E-state index in [-0.39, 0.29) is 10.8 Å². The molecular formula is C33H35+. The third kappa shape index (κ3) is 3.86. The topological polar surface area (TPSA) is 0 Å². The van der Waals surface area contributed by atoms with Crippen molar-refractivity contribution in [2.24, 2.45) is 0 Å². The van der Waals surface area contributed by atoms with Gasteiger partial charge in [0.1, 0.15) is 0 Å². The van der Waals surface area contributed by atoms with Crippen LogP contribution in [0, 0.1) is 5.92 Å². The summed E-state index contributed by atoms with van der Waals surface area (Å²) in [5.41, 5.74) is 12.8. The van der Waals surface area contributed by atoms with Crippen molar-refractivity contribution >= 4 is 0 Å². The number of benzene rings is 2. The second-order valence-electron chi connectivity index (χ2n) is 11.6. The van der Waals surface area contributed by atoms with Crippen molar-refractivity contribution in [3.8, 4) is 11.1 Å². The first-order valence-electron chi connectivity index (χ1n) is 12.3. The van der Waals surface area contributed by atoms with E-state index >= 15 is 0 Å². The van der Waals surface area contributed by atoms with Crippen molar-refractivity contribution in [1.29, 1.82) is 0 Å². The predicted octanol–water partition coefficient (Wildman–Crippen LogP) is 8.50. The van der Waals surface area contributed by atoms with E-state index in [4.69, 9.17) is 0 Å². The molecule has 0 heterocycles. The van der Waals surface area contributed by atoms with Crippen molar-refractivity contribution < 1.29 is 0 Å². The van der Waals surface area contributed by atoms with Gasteiger partial charge in [-0.15, -0.1) is 0 Å². The summed E-state index contributed by atoms with van der Waals surface area (Å²) in [7, 11) is 0. The van der Waals surface area contributed by atoms with Gasteiger partial charge in [-0.2, -0.15) is 0 Å². The molecule has 33 heavy (non-hydrogen) atoms. The Bertz CT molecular complexity index is 1230. The van der Waals surface area contributed by atoms with Gasteiger partial charge in [-0.1, -0.05) is 65.8 Å². The lowest BCUT2D eigenvalue weighted by Crippen LogP contribution is -2.11. The Morgan fingerprint density at radius 1 is 0.545 bits per heavy atom. The maximum Gasteiger partial charge on any atom is 0.0643 e. The monoisotopic (exact) mass is 431 g/mol. The lowest BCUT2D eigenvalue weighted by molar-refractivity contribution is 0.590. The Hall–Kier alpha value is -2.99. The molecule has 0 aromatic heterocycles. The van der Waals surface area contributed by atoms with Crippen LogP contribution in [0.5, 0.6) is 0 Å². The highest BCUT2D eigenvalue weighted by atomic mass is 14.4. The van der Waals surface area contributed by atoms with E-state index in [0.29, 0.717) is 0 Å². The highest BCUT2D eigenvalue weighted by molar-refractivity contribution is 5.82. The fourth-order valence-electron chi connectivity index (χ4n) is 5.35. The van der Waals surface area contributed by atoms with Crippen LogP contribution in [0.15, 0.2) is 78.9 Å². The van der Waals surface area contributed by atoms with E-state index in [1.807, 2.05) is 0 Å². The van der Waals surface area contributed by atoms with Gasteiger partial charge in [-0.05, 0) is 76.6 Å². The molecule has 5 rings (SSSR count). The minimum atomic E-state index is 0.0665. The van der Waals surface area contributed by atoms with Crippen LogP contribution in [0.4, 0.5) is 0 Å². The molecule has 0 aliphatic heterocycles. The van der Waals surface area contributed by atoms with E-state index in [1.54, 1.807) is 0 Å². The first-order chi connectivity index (χ1) is 15.6. The molecule has 0 heteroatoms. The van der Waals surface area contributed by atoms with Crippen LogP contribution in [-0.2, 0) is 23.7 Å². The predicted molar refractivity (Wildman–Crippen MR) is 141 cm³/mol. The molecule has 0 unspecified atom stereocenters. The van der Waals surface area contributed by atoms with Crippen LogP contribution >= 0.6 is 0 Å². The number of fused-ring (bicyclic) bond motifs is 3. The molecule has 0 saturated heterocycles. The number of hydrogen-bond donors (Lipinski definition) is 0. The third-order valence-electron chi connectivity index (χ3n) is 7.20. The molecule has 0 spiro atoms. The zero-order valence-electron chi connectivity index (χ0n) is 20.9.